The van der Waals surface area contributed by atoms with Crippen molar-refractivity contribution in [3.8, 4) is 5.75 Å². The lowest BCUT2D eigenvalue weighted by Crippen LogP contribution is -2.23. The Balaban J connectivity index is 1.28. The molecule has 2 unspecified atom stereocenters. The fourth-order valence-electron chi connectivity index (χ4n) is 3.66. The average Bonchev–Trinajstić information content (AvgIpc) is 3.26. The van der Waals surface area contributed by atoms with Gasteiger partial charge in [0.05, 0.1) is 12.3 Å². The Bertz CT molecular complexity index is 903. The van der Waals surface area contributed by atoms with Crippen LogP contribution in [-0.4, -0.2) is 49.4 Å². The van der Waals surface area contributed by atoms with E-state index in [-0.39, 0.29) is 5.91 Å². The minimum absolute atomic E-state index is 0.108. The molecule has 1 amide bonds. The van der Waals surface area contributed by atoms with Gasteiger partial charge in [0.1, 0.15) is 17.8 Å². The summed E-state index contributed by atoms with van der Waals surface area (Å²) in [6.45, 7) is 2.83. The number of carbonyl (C=O) groups excluding carboxylic acids is 1. The highest BCUT2D eigenvalue weighted by Crippen LogP contribution is 2.34. The predicted molar refractivity (Wildman–Crippen MR) is 113 cm³/mol. The third kappa shape index (κ3) is 4.95. The number of aliphatic imine (C=N–C) groups is 1. The molecule has 0 saturated carbocycles. The van der Waals surface area contributed by atoms with Gasteiger partial charge in [-0.05, 0) is 60.9 Å². The molecule has 0 radical (unpaired) electrons. The zero-order chi connectivity index (χ0) is 20.2. The van der Waals surface area contributed by atoms with Crippen LogP contribution in [-0.2, 0) is 4.79 Å². The number of amides is 1. The Morgan fingerprint density at radius 1 is 1.28 bits per heavy atom. The first-order chi connectivity index (χ1) is 14.1. The minimum atomic E-state index is -0.676. The largest absolute Gasteiger partial charge is 0.494 e. The molecule has 2 aliphatic heterocycles. The molecule has 29 heavy (non-hydrogen) atoms. The molecule has 4 rings (SSSR count). The molecule has 2 aromatic rings. The summed E-state index contributed by atoms with van der Waals surface area (Å²) in [7, 11) is 0. The number of alkyl halides is 1. The van der Waals surface area contributed by atoms with Gasteiger partial charge in [-0.2, -0.15) is 0 Å². The quantitative estimate of drug-likeness (QED) is 0.531. The fraction of sp³-hybridized carbons (Fsp3) is 0.364. The molecule has 0 aromatic heterocycles. The number of nitrogens with one attached hydrogen (secondary N) is 1. The van der Waals surface area contributed by atoms with Gasteiger partial charge in [-0.25, -0.2) is 4.39 Å². The van der Waals surface area contributed by atoms with Crippen LogP contribution < -0.4 is 10.1 Å². The molecular weight excluding hydrogens is 393 g/mol. The van der Waals surface area contributed by atoms with E-state index >= 15 is 0 Å². The second kappa shape index (κ2) is 8.93. The van der Waals surface area contributed by atoms with Crippen molar-refractivity contribution in [2.24, 2.45) is 4.99 Å². The molecule has 7 heteroatoms. The number of carbonyl (C=O) groups is 1. The molecule has 2 heterocycles. The van der Waals surface area contributed by atoms with Crippen molar-refractivity contribution in [3.05, 3.63) is 53.1 Å². The van der Waals surface area contributed by atoms with Crippen molar-refractivity contribution in [2.45, 2.75) is 24.9 Å². The van der Waals surface area contributed by atoms with Gasteiger partial charge in [0.25, 0.3) is 0 Å². The van der Waals surface area contributed by atoms with Crippen molar-refractivity contribution < 1.29 is 13.9 Å². The lowest BCUT2D eigenvalue weighted by Gasteiger charge is -2.14. The summed E-state index contributed by atoms with van der Waals surface area (Å²) in [5, 5.41) is 3.43. The lowest BCUT2D eigenvalue weighted by atomic mass is 10.0. The molecule has 0 bridgehead atoms. The molecule has 1 saturated heterocycles. The summed E-state index contributed by atoms with van der Waals surface area (Å²) in [5.74, 6) is 0.210. The number of nitrogens with zero attached hydrogens (tertiary/aromatic N) is 2. The highest BCUT2D eigenvalue weighted by Gasteiger charge is 2.29. The molecule has 2 atom stereocenters. The van der Waals surface area contributed by atoms with Crippen molar-refractivity contribution in [2.75, 3.05) is 31.6 Å². The number of fused-ring (bicyclic) bond motifs is 1. The number of benzene rings is 2. The number of hydrogen-bond donors (Lipinski definition) is 1. The molecular formula is C22H23ClFN3O2. The lowest BCUT2D eigenvalue weighted by molar-refractivity contribution is -0.115. The van der Waals surface area contributed by atoms with Crippen LogP contribution in [0.15, 0.2) is 47.5 Å². The standard InChI is InChI=1S/C22H23ClFN3O2/c23-15-2-7-21-19(12-15)20(22(28)26-21)13-25-17-3-5-18(6-4-17)29-11-1-9-27-10-8-16(24)14-27/h2-7,12-13,16,20H,1,8-11,14H2,(H,26,28). The van der Waals surface area contributed by atoms with Gasteiger partial charge in [0.15, 0.2) is 0 Å². The zero-order valence-corrected chi connectivity index (χ0v) is 16.7. The van der Waals surface area contributed by atoms with Crippen LogP contribution in [0.3, 0.4) is 0 Å². The first kappa shape index (κ1) is 19.9. The molecule has 5 nitrogen and oxygen atoms in total. The highest BCUT2D eigenvalue weighted by molar-refractivity contribution is 6.31. The summed E-state index contributed by atoms with van der Waals surface area (Å²) in [4.78, 5) is 18.8. The van der Waals surface area contributed by atoms with Gasteiger partial charge in [-0.15, -0.1) is 0 Å². The maximum atomic E-state index is 13.1. The summed E-state index contributed by atoms with van der Waals surface area (Å²) in [5.41, 5.74) is 2.35. The Hall–Kier alpha value is -2.44. The van der Waals surface area contributed by atoms with Crippen LogP contribution in [0.25, 0.3) is 0 Å². The van der Waals surface area contributed by atoms with Gasteiger partial charge < -0.3 is 15.0 Å². The maximum absolute atomic E-state index is 13.1. The van der Waals surface area contributed by atoms with Crippen molar-refractivity contribution in [1.82, 2.24) is 4.90 Å². The minimum Gasteiger partial charge on any atom is -0.494 e. The molecule has 1 N–H and O–H groups in total. The van der Waals surface area contributed by atoms with Gasteiger partial charge in [0.2, 0.25) is 5.91 Å². The fourth-order valence-corrected chi connectivity index (χ4v) is 3.84. The molecule has 2 aromatic carbocycles. The van der Waals surface area contributed by atoms with Crippen molar-refractivity contribution in [3.63, 3.8) is 0 Å². The predicted octanol–water partition coefficient (Wildman–Crippen LogP) is 4.59. The third-order valence-corrected chi connectivity index (χ3v) is 5.44. The van der Waals surface area contributed by atoms with Crippen LogP contribution in [0.5, 0.6) is 5.75 Å². The molecule has 0 aliphatic carbocycles. The van der Waals surface area contributed by atoms with Gasteiger partial charge in [-0.3, -0.25) is 9.79 Å². The topological polar surface area (TPSA) is 53.9 Å². The second-order valence-corrected chi connectivity index (χ2v) is 7.80. The van der Waals surface area contributed by atoms with Crippen molar-refractivity contribution in [1.29, 1.82) is 0 Å². The van der Waals surface area contributed by atoms with E-state index in [4.69, 9.17) is 16.3 Å². The number of hydrogen-bond acceptors (Lipinski definition) is 4. The smallest absolute Gasteiger partial charge is 0.237 e. The Labute approximate surface area is 174 Å². The second-order valence-electron chi connectivity index (χ2n) is 7.36. The molecule has 152 valence electrons. The van der Waals surface area contributed by atoms with E-state index in [1.807, 2.05) is 24.3 Å². The van der Waals surface area contributed by atoms with E-state index in [0.717, 1.165) is 42.2 Å². The molecule has 2 aliphatic rings. The zero-order valence-electron chi connectivity index (χ0n) is 16.0. The van der Waals surface area contributed by atoms with Gasteiger partial charge in [-0.1, -0.05) is 11.6 Å². The number of anilines is 1. The summed E-state index contributed by atoms with van der Waals surface area (Å²) in [6.07, 6.45) is 2.47. The Morgan fingerprint density at radius 2 is 2.10 bits per heavy atom. The normalized spacial score (nSPS) is 21.5. The average molecular weight is 416 g/mol. The molecule has 0 spiro atoms. The monoisotopic (exact) mass is 415 g/mol. The first-order valence-corrected chi connectivity index (χ1v) is 10.2. The van der Waals surface area contributed by atoms with Crippen LogP contribution in [0, 0.1) is 0 Å². The van der Waals surface area contributed by atoms with Gasteiger partial charge in [0, 0.05) is 36.6 Å². The summed E-state index contributed by atoms with van der Waals surface area (Å²) in [6, 6.07) is 12.8. The number of rotatable bonds is 7. The van der Waals surface area contributed by atoms with Crippen LogP contribution in [0.2, 0.25) is 5.02 Å². The van der Waals surface area contributed by atoms with E-state index in [1.54, 1.807) is 24.4 Å². The Morgan fingerprint density at radius 3 is 2.86 bits per heavy atom. The third-order valence-electron chi connectivity index (χ3n) is 5.20. The number of ether oxygens (including phenoxy) is 1. The van der Waals surface area contributed by atoms with E-state index in [9.17, 15) is 9.18 Å². The van der Waals surface area contributed by atoms with Crippen LogP contribution in [0.4, 0.5) is 15.8 Å². The van der Waals surface area contributed by atoms with E-state index in [2.05, 4.69) is 15.2 Å². The van der Waals surface area contributed by atoms with Crippen LogP contribution in [0.1, 0.15) is 24.3 Å². The molecule has 1 fully saturated rings. The highest BCUT2D eigenvalue weighted by atomic mass is 35.5. The van der Waals surface area contributed by atoms with E-state index < -0.39 is 12.1 Å². The van der Waals surface area contributed by atoms with Gasteiger partial charge >= 0.3 is 0 Å². The summed E-state index contributed by atoms with van der Waals surface area (Å²) < 4.78 is 18.9. The van der Waals surface area contributed by atoms with Crippen molar-refractivity contribution >= 4 is 35.1 Å². The van der Waals surface area contributed by atoms with E-state index in [0.29, 0.717) is 24.6 Å². The SMILES string of the molecule is O=C1Nc2ccc(Cl)cc2C1C=Nc1ccc(OCCCN2CCC(F)C2)cc1. The summed E-state index contributed by atoms with van der Waals surface area (Å²) >= 11 is 6.05. The maximum Gasteiger partial charge on any atom is 0.237 e. The van der Waals surface area contributed by atoms with E-state index in [1.165, 1.54) is 0 Å². The Kier molecular flexibility index (Phi) is 6.11. The first-order valence-electron chi connectivity index (χ1n) is 9.82. The van der Waals surface area contributed by atoms with Crippen LogP contribution >= 0.6 is 11.6 Å². The number of likely N-dealkylation sites (tertiary alicyclic amines) is 1. The number of halogens is 2.